The lowest BCUT2D eigenvalue weighted by atomic mass is 9.96. The molecule has 1 aromatic carbocycles. The van der Waals surface area contributed by atoms with Gasteiger partial charge in [-0.15, -0.1) is 0 Å². The fourth-order valence-corrected chi connectivity index (χ4v) is 3.42. The lowest BCUT2D eigenvalue weighted by Crippen LogP contribution is -2.39. The van der Waals surface area contributed by atoms with Gasteiger partial charge in [-0.25, -0.2) is 4.98 Å². The van der Waals surface area contributed by atoms with Gasteiger partial charge in [-0.2, -0.15) is 0 Å². The second kappa shape index (κ2) is 6.03. The minimum atomic E-state index is 0.0569. The average molecular weight is 321 g/mol. The standard InChI is InChI=1S/C18H19N5O/c1-22-10-8-21-17(22)14-3-2-9-23(12-14)18(24)13-4-5-15-16(11-13)20-7-6-19-15/h4-8,10-11,14H,2-3,9,12H2,1H3/t14-/m1/s1. The third-order valence-electron chi connectivity index (χ3n) is 4.65. The number of amides is 1. The number of hydrogen-bond donors (Lipinski definition) is 0. The third kappa shape index (κ3) is 2.64. The molecule has 0 radical (unpaired) electrons. The number of aromatic nitrogens is 4. The Balaban J connectivity index is 1.57. The van der Waals surface area contributed by atoms with Crippen LogP contribution >= 0.6 is 0 Å². The van der Waals surface area contributed by atoms with Crippen molar-refractivity contribution in [3.8, 4) is 0 Å². The molecule has 2 aromatic heterocycles. The minimum absolute atomic E-state index is 0.0569. The van der Waals surface area contributed by atoms with Crippen molar-refractivity contribution in [1.82, 2.24) is 24.4 Å². The highest BCUT2D eigenvalue weighted by atomic mass is 16.2. The van der Waals surface area contributed by atoms with Crippen LogP contribution in [0.15, 0.2) is 43.0 Å². The molecule has 24 heavy (non-hydrogen) atoms. The molecule has 0 spiro atoms. The van der Waals surface area contributed by atoms with Gasteiger partial charge in [-0.05, 0) is 31.0 Å². The Bertz CT molecular complexity index is 888. The Kier molecular flexibility index (Phi) is 3.72. The summed E-state index contributed by atoms with van der Waals surface area (Å²) in [4.78, 5) is 27.8. The largest absolute Gasteiger partial charge is 0.338 e. The predicted molar refractivity (Wildman–Crippen MR) is 90.6 cm³/mol. The fourth-order valence-electron chi connectivity index (χ4n) is 3.42. The van der Waals surface area contributed by atoms with Gasteiger partial charge >= 0.3 is 0 Å². The molecule has 0 bridgehead atoms. The number of piperidine rings is 1. The molecule has 0 aliphatic carbocycles. The monoisotopic (exact) mass is 321 g/mol. The summed E-state index contributed by atoms with van der Waals surface area (Å²) in [6, 6.07) is 5.52. The van der Waals surface area contributed by atoms with Gasteiger partial charge in [-0.3, -0.25) is 14.8 Å². The Labute approximate surface area is 140 Å². The van der Waals surface area contributed by atoms with Crippen molar-refractivity contribution in [3.63, 3.8) is 0 Å². The smallest absolute Gasteiger partial charge is 0.253 e. The van der Waals surface area contributed by atoms with E-state index in [2.05, 4.69) is 15.0 Å². The van der Waals surface area contributed by atoms with Crippen molar-refractivity contribution >= 4 is 16.9 Å². The van der Waals surface area contributed by atoms with Crippen LogP contribution < -0.4 is 0 Å². The molecule has 1 aliphatic rings. The van der Waals surface area contributed by atoms with E-state index in [0.717, 1.165) is 36.2 Å². The van der Waals surface area contributed by atoms with E-state index in [4.69, 9.17) is 0 Å². The van der Waals surface area contributed by atoms with Gasteiger partial charge in [-0.1, -0.05) is 0 Å². The van der Waals surface area contributed by atoms with E-state index in [0.29, 0.717) is 18.0 Å². The second-order valence-electron chi connectivity index (χ2n) is 6.25. The molecule has 3 aromatic rings. The topological polar surface area (TPSA) is 63.9 Å². The maximum absolute atomic E-state index is 12.9. The molecular formula is C18H19N5O. The molecule has 6 heteroatoms. The number of imidazole rings is 1. The molecule has 1 saturated heterocycles. The first-order valence-corrected chi connectivity index (χ1v) is 8.19. The van der Waals surface area contributed by atoms with E-state index >= 15 is 0 Å². The van der Waals surface area contributed by atoms with Gasteiger partial charge < -0.3 is 9.47 Å². The number of aryl methyl sites for hydroxylation is 1. The molecular weight excluding hydrogens is 302 g/mol. The number of hydrogen-bond acceptors (Lipinski definition) is 4. The van der Waals surface area contributed by atoms with Gasteiger partial charge in [0.25, 0.3) is 5.91 Å². The summed E-state index contributed by atoms with van der Waals surface area (Å²) in [5.74, 6) is 1.40. The van der Waals surface area contributed by atoms with Crippen LogP contribution in [-0.2, 0) is 7.05 Å². The molecule has 0 unspecified atom stereocenters. The molecule has 1 atom stereocenters. The Morgan fingerprint density at radius 2 is 1.96 bits per heavy atom. The number of benzene rings is 1. The summed E-state index contributed by atoms with van der Waals surface area (Å²) in [7, 11) is 2.01. The summed E-state index contributed by atoms with van der Waals surface area (Å²) in [6.07, 6.45) is 9.14. The van der Waals surface area contributed by atoms with Crippen LogP contribution in [0, 0.1) is 0 Å². The summed E-state index contributed by atoms with van der Waals surface area (Å²) in [5.41, 5.74) is 2.23. The van der Waals surface area contributed by atoms with Crippen molar-refractivity contribution < 1.29 is 4.79 Å². The SMILES string of the molecule is Cn1ccnc1[C@@H]1CCCN(C(=O)c2ccc3nccnc3c2)C1. The number of rotatable bonds is 2. The highest BCUT2D eigenvalue weighted by molar-refractivity contribution is 5.97. The van der Waals surface area contributed by atoms with E-state index in [9.17, 15) is 4.79 Å². The molecule has 4 rings (SSSR count). The molecule has 3 heterocycles. The highest BCUT2D eigenvalue weighted by Gasteiger charge is 2.27. The zero-order chi connectivity index (χ0) is 16.5. The maximum atomic E-state index is 12.9. The summed E-state index contributed by atoms with van der Waals surface area (Å²) in [6.45, 7) is 1.50. The molecule has 1 fully saturated rings. The van der Waals surface area contributed by atoms with Crippen LogP contribution in [0.5, 0.6) is 0 Å². The lowest BCUT2D eigenvalue weighted by molar-refractivity contribution is 0.0703. The van der Waals surface area contributed by atoms with Crippen molar-refractivity contribution in [1.29, 1.82) is 0 Å². The Hall–Kier alpha value is -2.76. The summed E-state index contributed by atoms with van der Waals surface area (Å²) >= 11 is 0. The van der Waals surface area contributed by atoms with Gasteiger partial charge in [0.1, 0.15) is 5.82 Å². The first-order chi connectivity index (χ1) is 11.7. The van der Waals surface area contributed by atoms with Crippen molar-refractivity contribution in [2.45, 2.75) is 18.8 Å². The van der Waals surface area contributed by atoms with Gasteiger partial charge in [0.15, 0.2) is 0 Å². The molecule has 6 nitrogen and oxygen atoms in total. The number of carbonyl (C=O) groups excluding carboxylic acids is 1. The average Bonchev–Trinajstić information content (AvgIpc) is 3.07. The van der Waals surface area contributed by atoms with Crippen LogP contribution in [0.1, 0.15) is 34.9 Å². The number of carbonyl (C=O) groups is 1. The van der Waals surface area contributed by atoms with Gasteiger partial charge in [0.05, 0.1) is 11.0 Å². The normalized spacial score (nSPS) is 18.0. The third-order valence-corrected chi connectivity index (χ3v) is 4.65. The van der Waals surface area contributed by atoms with E-state index in [1.807, 2.05) is 47.1 Å². The number of nitrogens with zero attached hydrogens (tertiary/aromatic N) is 5. The zero-order valence-corrected chi connectivity index (χ0v) is 13.6. The number of likely N-dealkylation sites (tertiary alicyclic amines) is 1. The van der Waals surface area contributed by atoms with Crippen molar-refractivity contribution in [3.05, 3.63) is 54.4 Å². The Morgan fingerprint density at radius 3 is 2.75 bits per heavy atom. The quantitative estimate of drug-likeness (QED) is 0.727. The van der Waals surface area contributed by atoms with Crippen molar-refractivity contribution in [2.75, 3.05) is 13.1 Å². The fraction of sp³-hybridized carbons (Fsp3) is 0.333. The van der Waals surface area contributed by atoms with Crippen LogP contribution in [0.2, 0.25) is 0 Å². The van der Waals surface area contributed by atoms with E-state index in [1.54, 1.807) is 12.4 Å². The van der Waals surface area contributed by atoms with Crippen LogP contribution in [0.4, 0.5) is 0 Å². The molecule has 0 saturated carbocycles. The van der Waals surface area contributed by atoms with Gasteiger partial charge in [0, 0.05) is 56.4 Å². The predicted octanol–water partition coefficient (Wildman–Crippen LogP) is 2.38. The number of fused-ring (bicyclic) bond motifs is 1. The summed E-state index contributed by atoms with van der Waals surface area (Å²) in [5, 5.41) is 0. The second-order valence-corrected chi connectivity index (χ2v) is 6.25. The Morgan fingerprint density at radius 1 is 1.12 bits per heavy atom. The van der Waals surface area contributed by atoms with E-state index in [-0.39, 0.29) is 5.91 Å². The van der Waals surface area contributed by atoms with Crippen LogP contribution in [0.25, 0.3) is 11.0 Å². The zero-order valence-electron chi connectivity index (χ0n) is 13.6. The molecule has 1 aliphatic heterocycles. The lowest BCUT2D eigenvalue weighted by Gasteiger charge is -2.32. The van der Waals surface area contributed by atoms with E-state index in [1.165, 1.54) is 0 Å². The first kappa shape index (κ1) is 14.8. The maximum Gasteiger partial charge on any atom is 0.253 e. The minimum Gasteiger partial charge on any atom is -0.338 e. The van der Waals surface area contributed by atoms with Crippen LogP contribution in [-0.4, -0.2) is 43.4 Å². The highest BCUT2D eigenvalue weighted by Crippen LogP contribution is 2.26. The van der Waals surface area contributed by atoms with Crippen molar-refractivity contribution in [2.24, 2.45) is 7.05 Å². The first-order valence-electron chi connectivity index (χ1n) is 8.19. The molecule has 0 N–H and O–H groups in total. The van der Waals surface area contributed by atoms with E-state index < -0.39 is 0 Å². The van der Waals surface area contributed by atoms with Crippen LogP contribution in [0.3, 0.4) is 0 Å². The molecule has 122 valence electrons. The molecule has 1 amide bonds. The summed E-state index contributed by atoms with van der Waals surface area (Å²) < 4.78 is 2.05. The van der Waals surface area contributed by atoms with Gasteiger partial charge in [0.2, 0.25) is 0 Å².